The largest absolute Gasteiger partial charge is 0.497 e. The highest BCUT2D eigenvalue weighted by atomic mass is 32.2. The Morgan fingerprint density at radius 2 is 1.97 bits per heavy atom. The van der Waals surface area contributed by atoms with Gasteiger partial charge in [-0.25, -0.2) is 8.42 Å². The molecule has 0 aliphatic carbocycles. The average molecular weight is 419 g/mol. The van der Waals surface area contributed by atoms with Crippen LogP contribution in [0.2, 0.25) is 0 Å². The van der Waals surface area contributed by atoms with Crippen LogP contribution in [0.4, 0.5) is 5.69 Å². The van der Waals surface area contributed by atoms with E-state index >= 15 is 0 Å². The first-order valence-electron chi connectivity index (χ1n) is 9.38. The second-order valence-corrected chi connectivity index (χ2v) is 9.10. The fourth-order valence-corrected chi connectivity index (χ4v) is 4.32. The van der Waals surface area contributed by atoms with Gasteiger partial charge in [-0.2, -0.15) is 0 Å². The summed E-state index contributed by atoms with van der Waals surface area (Å²) in [5.41, 5.74) is 1.46. The van der Waals surface area contributed by atoms with Crippen molar-refractivity contribution in [2.45, 2.75) is 23.8 Å². The standard InChI is InChI=1S/C21H26N2O5S/c1-27-16-9-10-20(28-2)18(13-16)19-8-5-11-23(19)14-21(24)22-15-6-4-7-17(12-15)29(3,25)26/h4,6-7,9-10,12-13,19H,5,8,11,14H2,1-3H3,(H,22,24)/t19-/m0/s1. The minimum absolute atomic E-state index is 0.0492. The van der Waals surface area contributed by atoms with Gasteiger partial charge in [-0.05, 0) is 55.8 Å². The summed E-state index contributed by atoms with van der Waals surface area (Å²) in [6, 6.07) is 12.0. The number of likely N-dealkylation sites (tertiary alicyclic amines) is 1. The minimum atomic E-state index is -3.33. The predicted molar refractivity (Wildman–Crippen MR) is 111 cm³/mol. The van der Waals surface area contributed by atoms with E-state index < -0.39 is 9.84 Å². The Labute approximate surface area is 171 Å². The van der Waals surface area contributed by atoms with Crippen molar-refractivity contribution in [2.75, 3.05) is 38.9 Å². The molecule has 156 valence electrons. The summed E-state index contributed by atoms with van der Waals surface area (Å²) in [6.07, 6.45) is 3.03. The molecule has 0 bridgehead atoms. The van der Waals surface area contributed by atoms with Crippen LogP contribution in [0.5, 0.6) is 11.5 Å². The van der Waals surface area contributed by atoms with Gasteiger partial charge >= 0.3 is 0 Å². The SMILES string of the molecule is COc1ccc(OC)c([C@@H]2CCCN2CC(=O)Nc2cccc(S(C)(=O)=O)c2)c1. The molecule has 1 atom stereocenters. The zero-order valence-corrected chi connectivity index (χ0v) is 17.7. The van der Waals surface area contributed by atoms with Crippen LogP contribution in [-0.4, -0.2) is 52.8 Å². The van der Waals surface area contributed by atoms with Crippen molar-refractivity contribution in [3.8, 4) is 11.5 Å². The number of carbonyl (C=O) groups excluding carboxylic acids is 1. The lowest BCUT2D eigenvalue weighted by atomic mass is 10.0. The van der Waals surface area contributed by atoms with E-state index in [-0.39, 0.29) is 23.4 Å². The summed E-state index contributed by atoms with van der Waals surface area (Å²) in [6.45, 7) is 0.996. The second-order valence-electron chi connectivity index (χ2n) is 7.08. The number of hydrogen-bond donors (Lipinski definition) is 1. The normalized spacial score (nSPS) is 17.1. The van der Waals surface area contributed by atoms with Crippen LogP contribution in [0, 0.1) is 0 Å². The van der Waals surface area contributed by atoms with Gasteiger partial charge < -0.3 is 14.8 Å². The summed E-state index contributed by atoms with van der Waals surface area (Å²) in [5.74, 6) is 1.32. The first-order chi connectivity index (χ1) is 13.8. The number of nitrogens with one attached hydrogen (secondary N) is 1. The zero-order valence-electron chi connectivity index (χ0n) is 16.8. The second kappa shape index (κ2) is 8.84. The molecule has 8 heteroatoms. The number of nitrogens with zero attached hydrogens (tertiary/aromatic N) is 1. The first-order valence-corrected chi connectivity index (χ1v) is 11.3. The monoisotopic (exact) mass is 418 g/mol. The topological polar surface area (TPSA) is 84.9 Å². The van der Waals surface area contributed by atoms with Crippen LogP contribution in [0.1, 0.15) is 24.4 Å². The first kappa shape index (κ1) is 21.1. The van der Waals surface area contributed by atoms with Gasteiger partial charge in [0, 0.05) is 23.5 Å². The lowest BCUT2D eigenvalue weighted by Gasteiger charge is -2.26. The zero-order chi connectivity index (χ0) is 21.0. The Balaban J connectivity index is 1.74. The summed E-state index contributed by atoms with van der Waals surface area (Å²) in [4.78, 5) is 14.9. The van der Waals surface area contributed by atoms with Crippen molar-refractivity contribution < 1.29 is 22.7 Å². The predicted octanol–water partition coefficient (Wildman–Crippen LogP) is 2.88. The summed E-state index contributed by atoms with van der Waals surface area (Å²) < 4.78 is 34.3. The van der Waals surface area contributed by atoms with E-state index in [4.69, 9.17) is 9.47 Å². The molecule has 0 unspecified atom stereocenters. The Morgan fingerprint density at radius 3 is 2.66 bits per heavy atom. The fourth-order valence-electron chi connectivity index (χ4n) is 3.66. The van der Waals surface area contributed by atoms with Gasteiger partial charge in [0.05, 0.1) is 25.7 Å². The molecule has 0 aromatic heterocycles. The Kier molecular flexibility index (Phi) is 6.44. The third kappa shape index (κ3) is 5.07. The molecule has 7 nitrogen and oxygen atoms in total. The van der Waals surface area contributed by atoms with Crippen LogP contribution in [0.3, 0.4) is 0 Å². The van der Waals surface area contributed by atoms with Crippen molar-refractivity contribution in [1.82, 2.24) is 4.90 Å². The van der Waals surface area contributed by atoms with Gasteiger partial charge in [0.25, 0.3) is 0 Å². The van der Waals surface area contributed by atoms with Crippen LogP contribution < -0.4 is 14.8 Å². The van der Waals surface area contributed by atoms with E-state index in [0.717, 1.165) is 42.7 Å². The lowest BCUT2D eigenvalue weighted by molar-refractivity contribution is -0.117. The molecular weight excluding hydrogens is 392 g/mol. The molecule has 0 radical (unpaired) electrons. The molecule has 2 aromatic carbocycles. The molecule has 3 rings (SSSR count). The van der Waals surface area contributed by atoms with E-state index in [2.05, 4.69) is 10.2 Å². The van der Waals surface area contributed by atoms with E-state index in [0.29, 0.717) is 5.69 Å². The van der Waals surface area contributed by atoms with Crippen molar-refractivity contribution >= 4 is 21.4 Å². The number of hydrogen-bond acceptors (Lipinski definition) is 6. The van der Waals surface area contributed by atoms with Gasteiger partial charge in [0.15, 0.2) is 9.84 Å². The van der Waals surface area contributed by atoms with Crippen molar-refractivity contribution in [2.24, 2.45) is 0 Å². The molecule has 0 spiro atoms. The Hall–Kier alpha value is -2.58. The van der Waals surface area contributed by atoms with E-state index in [1.807, 2.05) is 18.2 Å². The highest BCUT2D eigenvalue weighted by Crippen LogP contribution is 2.38. The number of ether oxygens (including phenoxy) is 2. The number of sulfone groups is 1. The average Bonchev–Trinajstić information content (AvgIpc) is 3.14. The number of carbonyl (C=O) groups is 1. The number of methoxy groups -OCH3 is 2. The summed E-state index contributed by atoms with van der Waals surface area (Å²) >= 11 is 0. The molecule has 1 aliphatic heterocycles. The van der Waals surface area contributed by atoms with Gasteiger partial charge in [-0.3, -0.25) is 9.69 Å². The van der Waals surface area contributed by atoms with Crippen molar-refractivity contribution in [1.29, 1.82) is 0 Å². The van der Waals surface area contributed by atoms with Crippen LogP contribution in [0.25, 0.3) is 0 Å². The molecule has 1 heterocycles. The van der Waals surface area contributed by atoms with Crippen LogP contribution in [-0.2, 0) is 14.6 Å². The van der Waals surface area contributed by atoms with Crippen LogP contribution in [0.15, 0.2) is 47.4 Å². The highest BCUT2D eigenvalue weighted by Gasteiger charge is 2.30. The number of anilines is 1. The number of rotatable bonds is 7. The molecular formula is C21H26N2O5S. The molecule has 1 aliphatic rings. The van der Waals surface area contributed by atoms with Gasteiger partial charge in [0.1, 0.15) is 11.5 Å². The smallest absolute Gasteiger partial charge is 0.238 e. The van der Waals surface area contributed by atoms with Gasteiger partial charge in [-0.1, -0.05) is 6.07 Å². The van der Waals surface area contributed by atoms with Crippen LogP contribution >= 0.6 is 0 Å². The Morgan fingerprint density at radius 1 is 1.17 bits per heavy atom. The van der Waals surface area contributed by atoms with Crippen molar-refractivity contribution in [3.63, 3.8) is 0 Å². The lowest BCUT2D eigenvalue weighted by Crippen LogP contribution is -2.33. The molecule has 1 saturated heterocycles. The fraction of sp³-hybridized carbons (Fsp3) is 0.381. The quantitative estimate of drug-likeness (QED) is 0.744. The third-order valence-electron chi connectivity index (χ3n) is 5.05. The maximum absolute atomic E-state index is 12.6. The minimum Gasteiger partial charge on any atom is -0.497 e. The van der Waals surface area contributed by atoms with Crippen molar-refractivity contribution in [3.05, 3.63) is 48.0 Å². The highest BCUT2D eigenvalue weighted by molar-refractivity contribution is 7.90. The summed E-state index contributed by atoms with van der Waals surface area (Å²) in [7, 11) is -0.0780. The van der Waals surface area contributed by atoms with E-state index in [1.165, 1.54) is 12.1 Å². The molecule has 1 N–H and O–H groups in total. The Bertz CT molecular complexity index is 990. The molecule has 29 heavy (non-hydrogen) atoms. The number of amides is 1. The molecule has 0 saturated carbocycles. The molecule has 1 amide bonds. The maximum atomic E-state index is 12.6. The van der Waals surface area contributed by atoms with E-state index in [9.17, 15) is 13.2 Å². The van der Waals surface area contributed by atoms with Gasteiger partial charge in [0.2, 0.25) is 5.91 Å². The third-order valence-corrected chi connectivity index (χ3v) is 6.16. The van der Waals surface area contributed by atoms with Gasteiger partial charge in [-0.15, -0.1) is 0 Å². The molecule has 2 aromatic rings. The number of benzene rings is 2. The maximum Gasteiger partial charge on any atom is 0.238 e. The molecule has 1 fully saturated rings. The summed E-state index contributed by atoms with van der Waals surface area (Å²) in [5, 5.41) is 2.80. The van der Waals surface area contributed by atoms with E-state index in [1.54, 1.807) is 26.4 Å².